The van der Waals surface area contributed by atoms with Crippen LogP contribution < -0.4 is 5.32 Å². The lowest BCUT2D eigenvalue weighted by molar-refractivity contribution is -0.136. The van der Waals surface area contributed by atoms with Crippen molar-refractivity contribution in [2.75, 3.05) is 19.6 Å². The van der Waals surface area contributed by atoms with Crippen molar-refractivity contribution in [1.29, 1.82) is 0 Å². The zero-order valence-electron chi connectivity index (χ0n) is 25.2. The van der Waals surface area contributed by atoms with Gasteiger partial charge in [0, 0.05) is 56.8 Å². The summed E-state index contributed by atoms with van der Waals surface area (Å²) in [5, 5.41) is 2.38. The second kappa shape index (κ2) is 11.0. The zero-order chi connectivity index (χ0) is 29.9. The van der Waals surface area contributed by atoms with E-state index in [2.05, 4.69) is 41.1 Å². The number of hydrogen-bond donors (Lipinski definition) is 1. The van der Waals surface area contributed by atoms with E-state index in [1.165, 1.54) is 41.5 Å². The molecule has 3 fully saturated rings. The maximum absolute atomic E-state index is 13.7. The number of nitrogens with zero attached hydrogens (tertiary/aromatic N) is 3. The normalized spacial score (nSPS) is 27.6. The number of benzene rings is 2. The minimum atomic E-state index is -0.585. The molecule has 3 amide bonds. The van der Waals surface area contributed by atoms with Crippen molar-refractivity contribution in [2.45, 2.75) is 90.0 Å². The molecule has 8 heteroatoms. The molecule has 7 rings (SSSR count). The molecule has 5 aliphatic rings. The standard InChI is InChI=1S/C35H41FN4O3/c1-35(2)14-13-24(30(16-35)23-4-6-26(36)7-5-23)18-39-27-8-9-28(39)21-38(20-27)17-22-3-10-29-25(15-22)19-40(34(29)43)31-11-12-32(41)37-33(31)42/h3-7,10,15,27-28,31H,8-9,11-14,16-21H2,1-2H3,(H,37,41,42). The number of piperazine rings is 1. The molecular weight excluding hydrogens is 543 g/mol. The molecule has 3 atom stereocenters. The van der Waals surface area contributed by atoms with Gasteiger partial charge in [0.2, 0.25) is 11.8 Å². The number of piperidine rings is 1. The number of likely N-dealkylation sites (tertiary alicyclic amines) is 1. The van der Waals surface area contributed by atoms with E-state index >= 15 is 0 Å². The molecule has 4 heterocycles. The average molecular weight is 585 g/mol. The quantitative estimate of drug-likeness (QED) is 0.489. The summed E-state index contributed by atoms with van der Waals surface area (Å²) < 4.78 is 13.7. The summed E-state index contributed by atoms with van der Waals surface area (Å²) in [5.74, 6) is -0.946. The van der Waals surface area contributed by atoms with Crippen LogP contribution >= 0.6 is 0 Å². The van der Waals surface area contributed by atoms with Gasteiger partial charge < -0.3 is 4.90 Å². The minimum absolute atomic E-state index is 0.122. The van der Waals surface area contributed by atoms with Crippen molar-refractivity contribution < 1.29 is 18.8 Å². The first kappa shape index (κ1) is 28.4. The van der Waals surface area contributed by atoms with E-state index in [0.29, 0.717) is 30.6 Å². The summed E-state index contributed by atoms with van der Waals surface area (Å²) in [7, 11) is 0. The Bertz CT molecular complexity index is 1480. The first-order valence-electron chi connectivity index (χ1n) is 15.8. The van der Waals surface area contributed by atoms with E-state index in [1.54, 1.807) is 17.0 Å². The Hall–Kier alpha value is -3.36. The molecule has 0 spiro atoms. The highest BCUT2D eigenvalue weighted by Crippen LogP contribution is 2.44. The highest BCUT2D eigenvalue weighted by molar-refractivity contribution is 6.05. The number of nitrogens with one attached hydrogen (secondary N) is 1. The molecule has 2 aromatic rings. The van der Waals surface area contributed by atoms with Crippen LogP contribution in [0.15, 0.2) is 48.0 Å². The Morgan fingerprint density at radius 3 is 2.40 bits per heavy atom. The fraction of sp³-hybridized carbons (Fsp3) is 0.514. The summed E-state index contributed by atoms with van der Waals surface area (Å²) >= 11 is 0. The Kier molecular flexibility index (Phi) is 7.25. The number of carbonyl (C=O) groups is 3. The van der Waals surface area contributed by atoms with Crippen LogP contribution in [-0.2, 0) is 22.7 Å². The molecule has 43 heavy (non-hydrogen) atoms. The molecule has 0 aromatic heterocycles. The lowest BCUT2D eigenvalue weighted by Crippen LogP contribution is -2.53. The maximum atomic E-state index is 13.7. The first-order valence-corrected chi connectivity index (χ1v) is 15.8. The molecule has 4 aliphatic heterocycles. The molecule has 226 valence electrons. The topological polar surface area (TPSA) is 73.0 Å². The summed E-state index contributed by atoms with van der Waals surface area (Å²) in [6.07, 6.45) is 6.39. The summed E-state index contributed by atoms with van der Waals surface area (Å²) in [6.45, 7) is 9.00. The number of carbonyl (C=O) groups excluding carboxylic acids is 3. The van der Waals surface area contributed by atoms with Crippen molar-refractivity contribution in [2.24, 2.45) is 5.41 Å². The van der Waals surface area contributed by atoms with Gasteiger partial charge in [-0.3, -0.25) is 29.5 Å². The molecule has 3 saturated heterocycles. The second-order valence-electron chi connectivity index (χ2n) is 14.1. The van der Waals surface area contributed by atoms with E-state index < -0.39 is 6.04 Å². The summed E-state index contributed by atoms with van der Waals surface area (Å²) in [5.41, 5.74) is 7.19. The first-order chi connectivity index (χ1) is 20.6. The third kappa shape index (κ3) is 5.55. The van der Waals surface area contributed by atoms with E-state index in [-0.39, 0.29) is 35.4 Å². The van der Waals surface area contributed by atoms with Crippen LogP contribution in [0.2, 0.25) is 0 Å². The largest absolute Gasteiger partial charge is 0.322 e. The highest BCUT2D eigenvalue weighted by atomic mass is 19.1. The Labute approximate surface area is 253 Å². The van der Waals surface area contributed by atoms with E-state index in [9.17, 15) is 18.8 Å². The van der Waals surface area contributed by atoms with Gasteiger partial charge >= 0.3 is 0 Å². The molecule has 0 radical (unpaired) electrons. The van der Waals surface area contributed by atoms with Gasteiger partial charge in [-0.1, -0.05) is 43.7 Å². The van der Waals surface area contributed by atoms with Crippen molar-refractivity contribution in [3.05, 3.63) is 76.1 Å². The highest BCUT2D eigenvalue weighted by Gasteiger charge is 2.42. The summed E-state index contributed by atoms with van der Waals surface area (Å²) in [6, 6.07) is 13.6. The van der Waals surface area contributed by atoms with Gasteiger partial charge in [0.25, 0.3) is 5.91 Å². The predicted octanol–water partition coefficient (Wildman–Crippen LogP) is 4.90. The van der Waals surface area contributed by atoms with Gasteiger partial charge in [0.1, 0.15) is 11.9 Å². The molecule has 1 aliphatic carbocycles. The van der Waals surface area contributed by atoms with Gasteiger partial charge in [-0.05, 0) is 84.4 Å². The average Bonchev–Trinajstić information content (AvgIpc) is 3.40. The number of allylic oxidation sites excluding steroid dienone is 1. The molecular formula is C35H41FN4O3. The van der Waals surface area contributed by atoms with E-state index in [0.717, 1.165) is 44.6 Å². The van der Waals surface area contributed by atoms with Crippen LogP contribution in [0.5, 0.6) is 0 Å². The van der Waals surface area contributed by atoms with Crippen molar-refractivity contribution >= 4 is 23.3 Å². The van der Waals surface area contributed by atoms with Gasteiger partial charge in [0.05, 0.1) is 0 Å². The molecule has 3 unspecified atom stereocenters. The molecule has 7 nitrogen and oxygen atoms in total. The third-order valence-corrected chi connectivity index (χ3v) is 10.5. The second-order valence-corrected chi connectivity index (χ2v) is 14.1. The van der Waals surface area contributed by atoms with Crippen molar-refractivity contribution in [3.63, 3.8) is 0 Å². The van der Waals surface area contributed by atoms with Gasteiger partial charge in [0.15, 0.2) is 0 Å². The lowest BCUT2D eigenvalue weighted by Gasteiger charge is -2.43. The van der Waals surface area contributed by atoms with Gasteiger partial charge in [-0.15, -0.1) is 0 Å². The fourth-order valence-corrected chi connectivity index (χ4v) is 8.13. The Morgan fingerprint density at radius 2 is 1.67 bits per heavy atom. The number of amides is 3. The third-order valence-electron chi connectivity index (χ3n) is 10.5. The van der Waals surface area contributed by atoms with Crippen molar-refractivity contribution in [1.82, 2.24) is 20.0 Å². The molecule has 0 saturated carbocycles. The Morgan fingerprint density at radius 1 is 0.930 bits per heavy atom. The smallest absolute Gasteiger partial charge is 0.255 e. The number of imide groups is 1. The number of fused-ring (bicyclic) bond motifs is 3. The zero-order valence-corrected chi connectivity index (χ0v) is 25.2. The van der Waals surface area contributed by atoms with Crippen molar-refractivity contribution in [3.8, 4) is 0 Å². The molecule has 2 bridgehead atoms. The van der Waals surface area contributed by atoms with Crippen LogP contribution in [0.4, 0.5) is 4.39 Å². The summed E-state index contributed by atoms with van der Waals surface area (Å²) in [4.78, 5) is 44.0. The number of hydrogen-bond acceptors (Lipinski definition) is 5. The minimum Gasteiger partial charge on any atom is -0.322 e. The maximum Gasteiger partial charge on any atom is 0.255 e. The van der Waals surface area contributed by atoms with Crippen LogP contribution in [-0.4, -0.2) is 70.2 Å². The van der Waals surface area contributed by atoms with Crippen LogP contribution in [0.25, 0.3) is 5.57 Å². The van der Waals surface area contributed by atoms with Crippen LogP contribution in [0.1, 0.15) is 85.8 Å². The monoisotopic (exact) mass is 584 g/mol. The SMILES string of the molecule is CC1(C)CCC(CN2C3CCC2CN(Cc2ccc4c(c2)CN(C2CCC(=O)NC2=O)C4=O)C3)=C(c2ccc(F)cc2)C1. The predicted molar refractivity (Wildman–Crippen MR) is 162 cm³/mol. The van der Waals surface area contributed by atoms with Crippen LogP contribution in [0, 0.1) is 11.2 Å². The molecule has 2 aromatic carbocycles. The van der Waals surface area contributed by atoms with Gasteiger partial charge in [-0.2, -0.15) is 0 Å². The number of rotatable bonds is 6. The van der Waals surface area contributed by atoms with E-state index in [4.69, 9.17) is 0 Å². The Balaban J connectivity index is 1.03. The van der Waals surface area contributed by atoms with Crippen LogP contribution in [0.3, 0.4) is 0 Å². The number of halogens is 1. The molecule has 1 N–H and O–H groups in total. The lowest BCUT2D eigenvalue weighted by atomic mass is 9.72. The van der Waals surface area contributed by atoms with Gasteiger partial charge in [-0.25, -0.2) is 4.39 Å². The fourth-order valence-electron chi connectivity index (χ4n) is 8.13. The van der Waals surface area contributed by atoms with E-state index in [1.807, 2.05) is 18.2 Å².